The van der Waals surface area contributed by atoms with Gasteiger partial charge in [0.15, 0.2) is 5.13 Å². The molecule has 0 saturated heterocycles. The van der Waals surface area contributed by atoms with Crippen molar-refractivity contribution in [2.45, 2.75) is 32.2 Å². The third-order valence-electron chi connectivity index (χ3n) is 3.87. The Morgan fingerprint density at radius 2 is 2.33 bits per heavy atom. The van der Waals surface area contributed by atoms with Crippen LogP contribution in [-0.2, 0) is 6.42 Å². The molecule has 5 heteroatoms. The highest BCUT2D eigenvalue weighted by molar-refractivity contribution is 7.15. The fourth-order valence-electron chi connectivity index (χ4n) is 2.79. The van der Waals surface area contributed by atoms with Crippen LogP contribution in [0.25, 0.3) is 0 Å². The van der Waals surface area contributed by atoms with Crippen LogP contribution in [0, 0.1) is 5.82 Å². The number of rotatable bonds is 4. The Labute approximate surface area is 128 Å². The van der Waals surface area contributed by atoms with Gasteiger partial charge >= 0.3 is 0 Å². The first-order chi connectivity index (χ1) is 10.2. The van der Waals surface area contributed by atoms with Crippen molar-refractivity contribution >= 4 is 22.2 Å². The van der Waals surface area contributed by atoms with Gasteiger partial charge in [-0.3, -0.25) is 0 Å². The zero-order valence-corrected chi connectivity index (χ0v) is 13.2. The van der Waals surface area contributed by atoms with Crippen molar-refractivity contribution in [3.8, 4) is 0 Å². The van der Waals surface area contributed by atoms with E-state index in [0.29, 0.717) is 6.04 Å². The van der Waals surface area contributed by atoms with E-state index in [1.165, 1.54) is 29.5 Å². The first-order valence-corrected chi connectivity index (χ1v) is 8.23. The van der Waals surface area contributed by atoms with Crippen LogP contribution in [0.5, 0.6) is 0 Å². The maximum atomic E-state index is 13.4. The van der Waals surface area contributed by atoms with E-state index in [9.17, 15) is 4.39 Å². The predicted molar refractivity (Wildman–Crippen MR) is 85.9 cm³/mol. The van der Waals surface area contributed by atoms with E-state index in [0.717, 1.165) is 23.8 Å². The van der Waals surface area contributed by atoms with Gasteiger partial charge in [0, 0.05) is 23.7 Å². The number of thiazole rings is 1. The van der Waals surface area contributed by atoms with Crippen LogP contribution in [0.15, 0.2) is 24.3 Å². The predicted octanol–water partition coefficient (Wildman–Crippen LogP) is 4.04. The van der Waals surface area contributed by atoms with Crippen LogP contribution < -0.4 is 10.2 Å². The number of fused-ring (bicyclic) bond motifs is 1. The van der Waals surface area contributed by atoms with Crippen LogP contribution in [0.3, 0.4) is 0 Å². The molecule has 21 heavy (non-hydrogen) atoms. The fraction of sp³-hybridized carbons (Fsp3) is 0.438. The molecule has 0 bridgehead atoms. The van der Waals surface area contributed by atoms with Gasteiger partial charge in [-0.2, -0.15) is 0 Å². The highest BCUT2D eigenvalue weighted by Crippen LogP contribution is 2.39. The molecular formula is C16H20FN3S. The third-order valence-corrected chi connectivity index (χ3v) is 5.16. The van der Waals surface area contributed by atoms with Crippen molar-refractivity contribution in [3.63, 3.8) is 0 Å². The highest BCUT2D eigenvalue weighted by Gasteiger charge is 2.25. The molecule has 0 saturated carbocycles. The second-order valence-corrected chi connectivity index (χ2v) is 6.36. The van der Waals surface area contributed by atoms with Gasteiger partial charge in [-0.25, -0.2) is 9.37 Å². The van der Waals surface area contributed by atoms with Crippen LogP contribution in [0.1, 0.15) is 36.4 Å². The van der Waals surface area contributed by atoms with Crippen molar-refractivity contribution in [2.75, 3.05) is 18.5 Å². The van der Waals surface area contributed by atoms with Crippen LogP contribution in [0.2, 0.25) is 0 Å². The second-order valence-electron chi connectivity index (χ2n) is 5.35. The lowest BCUT2D eigenvalue weighted by Gasteiger charge is -2.21. The molecule has 3 nitrogen and oxygen atoms in total. The Hall–Kier alpha value is -1.46. The standard InChI is InChI=1S/C16H20FN3S/c1-3-18-13-8-5-9-14-15(13)21-16(19-14)20(2)12-7-4-6-11(17)10-12/h4,6-7,10,13,18H,3,5,8-9H2,1-2H3. The van der Waals surface area contributed by atoms with Crippen molar-refractivity contribution < 1.29 is 4.39 Å². The van der Waals surface area contributed by atoms with Gasteiger partial charge < -0.3 is 10.2 Å². The lowest BCUT2D eigenvalue weighted by atomic mass is 9.98. The summed E-state index contributed by atoms with van der Waals surface area (Å²) in [5, 5.41) is 4.47. The Balaban J connectivity index is 1.90. The number of hydrogen-bond acceptors (Lipinski definition) is 4. The zero-order valence-electron chi connectivity index (χ0n) is 12.4. The molecule has 2 aromatic rings. The minimum Gasteiger partial charge on any atom is -0.321 e. The van der Waals surface area contributed by atoms with Gasteiger partial charge in [-0.05, 0) is 44.0 Å². The Kier molecular flexibility index (Phi) is 4.22. The molecule has 1 aromatic heterocycles. The summed E-state index contributed by atoms with van der Waals surface area (Å²) in [6.07, 6.45) is 3.40. The van der Waals surface area contributed by atoms with E-state index in [2.05, 4.69) is 12.2 Å². The van der Waals surface area contributed by atoms with Gasteiger partial charge in [0.05, 0.1) is 5.69 Å². The van der Waals surface area contributed by atoms with E-state index >= 15 is 0 Å². The summed E-state index contributed by atoms with van der Waals surface area (Å²) in [4.78, 5) is 8.09. The van der Waals surface area contributed by atoms with Crippen molar-refractivity contribution in [3.05, 3.63) is 40.7 Å². The van der Waals surface area contributed by atoms with E-state index in [1.807, 2.05) is 18.0 Å². The molecule has 1 N–H and O–H groups in total. The largest absolute Gasteiger partial charge is 0.321 e. The molecule has 1 aliphatic rings. The summed E-state index contributed by atoms with van der Waals surface area (Å²) in [6, 6.07) is 7.07. The first-order valence-electron chi connectivity index (χ1n) is 7.41. The Bertz CT molecular complexity index is 626. The lowest BCUT2D eigenvalue weighted by molar-refractivity contribution is 0.476. The normalized spacial score (nSPS) is 17.6. The number of nitrogens with zero attached hydrogens (tertiary/aromatic N) is 2. The van der Waals surface area contributed by atoms with E-state index in [4.69, 9.17) is 4.98 Å². The maximum Gasteiger partial charge on any atom is 0.190 e. The zero-order chi connectivity index (χ0) is 14.8. The summed E-state index contributed by atoms with van der Waals surface area (Å²) < 4.78 is 13.4. The molecule has 0 fully saturated rings. The summed E-state index contributed by atoms with van der Waals surface area (Å²) >= 11 is 1.72. The van der Waals surface area contributed by atoms with Crippen molar-refractivity contribution in [1.29, 1.82) is 0 Å². The molecular weight excluding hydrogens is 285 g/mol. The number of hydrogen-bond donors (Lipinski definition) is 1. The molecule has 1 heterocycles. The molecule has 0 amide bonds. The molecule has 1 aliphatic carbocycles. The molecule has 1 aromatic carbocycles. The minimum atomic E-state index is -0.216. The van der Waals surface area contributed by atoms with Crippen molar-refractivity contribution in [2.24, 2.45) is 0 Å². The molecule has 1 atom stereocenters. The van der Waals surface area contributed by atoms with Gasteiger partial charge in [-0.1, -0.05) is 24.3 Å². The van der Waals surface area contributed by atoms with E-state index in [1.54, 1.807) is 23.5 Å². The van der Waals surface area contributed by atoms with Gasteiger partial charge in [0.2, 0.25) is 0 Å². The number of anilines is 2. The maximum absolute atomic E-state index is 13.4. The molecule has 0 radical (unpaired) electrons. The molecule has 112 valence electrons. The number of benzene rings is 1. The van der Waals surface area contributed by atoms with Crippen molar-refractivity contribution in [1.82, 2.24) is 10.3 Å². The van der Waals surface area contributed by atoms with Crippen LogP contribution >= 0.6 is 11.3 Å². The van der Waals surface area contributed by atoms with E-state index < -0.39 is 0 Å². The van der Waals surface area contributed by atoms with E-state index in [-0.39, 0.29) is 5.82 Å². The highest BCUT2D eigenvalue weighted by atomic mass is 32.1. The van der Waals surface area contributed by atoms with Crippen LogP contribution in [-0.4, -0.2) is 18.6 Å². The lowest BCUT2D eigenvalue weighted by Crippen LogP contribution is -2.23. The fourth-order valence-corrected chi connectivity index (χ4v) is 3.99. The van der Waals surface area contributed by atoms with Gasteiger partial charge in [-0.15, -0.1) is 0 Å². The quantitative estimate of drug-likeness (QED) is 0.924. The first kappa shape index (κ1) is 14.5. The van der Waals surface area contributed by atoms with Gasteiger partial charge in [0.1, 0.15) is 5.82 Å². The summed E-state index contributed by atoms with van der Waals surface area (Å²) in [5.41, 5.74) is 2.04. The average molecular weight is 305 g/mol. The number of aromatic nitrogens is 1. The molecule has 3 rings (SSSR count). The SMILES string of the molecule is CCNC1CCCc2nc(N(C)c3cccc(F)c3)sc21. The van der Waals surface area contributed by atoms with Crippen LogP contribution in [0.4, 0.5) is 15.2 Å². The smallest absolute Gasteiger partial charge is 0.190 e. The van der Waals surface area contributed by atoms with Gasteiger partial charge in [0.25, 0.3) is 0 Å². The summed E-state index contributed by atoms with van der Waals surface area (Å²) in [7, 11) is 1.95. The topological polar surface area (TPSA) is 28.2 Å². The Morgan fingerprint density at radius 1 is 1.48 bits per heavy atom. The molecule has 1 unspecified atom stereocenters. The number of nitrogens with one attached hydrogen (secondary N) is 1. The third kappa shape index (κ3) is 2.94. The number of aryl methyl sites for hydroxylation is 1. The number of halogens is 1. The minimum absolute atomic E-state index is 0.216. The molecule has 0 spiro atoms. The average Bonchev–Trinajstić information content (AvgIpc) is 2.92. The monoisotopic (exact) mass is 305 g/mol. The second kappa shape index (κ2) is 6.12. The molecule has 0 aliphatic heterocycles. The Morgan fingerprint density at radius 3 is 3.10 bits per heavy atom. The summed E-state index contributed by atoms with van der Waals surface area (Å²) in [5.74, 6) is -0.216. The summed E-state index contributed by atoms with van der Waals surface area (Å²) in [6.45, 7) is 3.10.